The Morgan fingerprint density at radius 3 is 2.87 bits per heavy atom. The van der Waals surface area contributed by atoms with E-state index in [9.17, 15) is 4.79 Å². The third-order valence-corrected chi connectivity index (χ3v) is 2.64. The van der Waals surface area contributed by atoms with E-state index >= 15 is 0 Å². The van der Waals surface area contributed by atoms with Gasteiger partial charge in [-0.2, -0.15) is 0 Å². The van der Waals surface area contributed by atoms with Gasteiger partial charge in [-0.1, -0.05) is 40.2 Å². The fourth-order valence-electron chi connectivity index (χ4n) is 1.34. The number of allylic oxidation sites excluding steroid dienone is 1. The lowest BCUT2D eigenvalue weighted by molar-refractivity contribution is 0.0696. The third-order valence-electron chi connectivity index (χ3n) is 2.18. The summed E-state index contributed by atoms with van der Waals surface area (Å²) >= 11 is 3.33. The number of alkyl halides is 1. The zero-order chi connectivity index (χ0) is 11.3. The van der Waals surface area contributed by atoms with Crippen LogP contribution in [-0.2, 0) is 0 Å². The number of aromatic carboxylic acids is 1. The van der Waals surface area contributed by atoms with E-state index in [2.05, 4.69) is 15.9 Å². The molecule has 1 aromatic carbocycles. The zero-order valence-electron chi connectivity index (χ0n) is 8.53. The summed E-state index contributed by atoms with van der Waals surface area (Å²) in [4.78, 5) is 10.9. The maximum atomic E-state index is 10.9. The first-order chi connectivity index (χ1) is 7.16. The van der Waals surface area contributed by atoms with Gasteiger partial charge in [0.15, 0.2) is 0 Å². The van der Waals surface area contributed by atoms with Crippen LogP contribution in [0.2, 0.25) is 0 Å². The average Bonchev–Trinajstić information content (AvgIpc) is 2.20. The van der Waals surface area contributed by atoms with Crippen LogP contribution in [0.5, 0.6) is 0 Å². The van der Waals surface area contributed by atoms with E-state index in [-0.39, 0.29) is 0 Å². The molecule has 1 rings (SSSR count). The molecule has 0 aromatic heterocycles. The molecule has 0 aliphatic rings. The number of carbonyl (C=O) groups is 1. The first-order valence-electron chi connectivity index (χ1n) is 4.72. The van der Waals surface area contributed by atoms with Crippen molar-refractivity contribution in [2.45, 2.75) is 13.3 Å². The number of hydrogen-bond donors (Lipinski definition) is 1. The Morgan fingerprint density at radius 1 is 1.53 bits per heavy atom. The predicted octanol–water partition coefficient (Wildman–Crippen LogP) is 3.49. The Morgan fingerprint density at radius 2 is 2.27 bits per heavy atom. The average molecular weight is 269 g/mol. The minimum absolute atomic E-state index is 0.371. The largest absolute Gasteiger partial charge is 0.478 e. The molecule has 0 bridgehead atoms. The van der Waals surface area contributed by atoms with Gasteiger partial charge in [0, 0.05) is 5.33 Å². The highest BCUT2D eigenvalue weighted by molar-refractivity contribution is 9.09. The molecule has 0 heterocycles. The lowest BCUT2D eigenvalue weighted by Gasteiger charge is -2.04. The minimum atomic E-state index is -0.872. The molecule has 1 N–H and O–H groups in total. The minimum Gasteiger partial charge on any atom is -0.478 e. The van der Waals surface area contributed by atoms with Gasteiger partial charge in [0.05, 0.1) is 5.56 Å². The molecule has 0 aliphatic carbocycles. The van der Waals surface area contributed by atoms with E-state index in [0.717, 1.165) is 22.9 Å². The van der Waals surface area contributed by atoms with Crippen LogP contribution in [0.25, 0.3) is 6.08 Å². The summed E-state index contributed by atoms with van der Waals surface area (Å²) in [7, 11) is 0. The molecular formula is C12H13BrO2. The Hall–Kier alpha value is -1.09. The van der Waals surface area contributed by atoms with Crippen LogP contribution in [0.4, 0.5) is 0 Å². The van der Waals surface area contributed by atoms with Crippen molar-refractivity contribution < 1.29 is 9.90 Å². The van der Waals surface area contributed by atoms with E-state index < -0.39 is 5.97 Å². The molecular weight excluding hydrogens is 256 g/mol. The van der Waals surface area contributed by atoms with Crippen LogP contribution >= 0.6 is 15.9 Å². The molecule has 15 heavy (non-hydrogen) atoms. The molecule has 0 saturated heterocycles. The molecule has 2 nitrogen and oxygen atoms in total. The van der Waals surface area contributed by atoms with Crippen molar-refractivity contribution in [3.8, 4) is 0 Å². The molecule has 0 spiro atoms. The van der Waals surface area contributed by atoms with Crippen LogP contribution in [-0.4, -0.2) is 16.4 Å². The SMILES string of the molecule is Cc1c(C=CCCBr)cccc1C(=O)O. The molecule has 0 atom stereocenters. The summed E-state index contributed by atoms with van der Waals surface area (Å²) < 4.78 is 0. The van der Waals surface area contributed by atoms with Gasteiger partial charge in [0.25, 0.3) is 0 Å². The van der Waals surface area contributed by atoms with Crippen LogP contribution in [0.3, 0.4) is 0 Å². The highest BCUT2D eigenvalue weighted by Crippen LogP contribution is 2.15. The zero-order valence-corrected chi connectivity index (χ0v) is 10.1. The second-order valence-corrected chi connectivity index (χ2v) is 4.00. The van der Waals surface area contributed by atoms with Gasteiger partial charge in [-0.25, -0.2) is 4.79 Å². The normalized spacial score (nSPS) is 10.8. The summed E-state index contributed by atoms with van der Waals surface area (Å²) in [5.74, 6) is -0.872. The highest BCUT2D eigenvalue weighted by atomic mass is 79.9. The molecule has 0 amide bonds. The Balaban J connectivity index is 2.99. The number of benzene rings is 1. The van der Waals surface area contributed by atoms with Crippen molar-refractivity contribution in [2.75, 3.05) is 5.33 Å². The molecule has 0 saturated carbocycles. The van der Waals surface area contributed by atoms with Crippen molar-refractivity contribution in [1.29, 1.82) is 0 Å². The van der Waals surface area contributed by atoms with Gasteiger partial charge in [-0.15, -0.1) is 0 Å². The second kappa shape index (κ2) is 5.71. The molecule has 0 unspecified atom stereocenters. The first-order valence-corrected chi connectivity index (χ1v) is 5.84. The van der Waals surface area contributed by atoms with E-state index in [4.69, 9.17) is 5.11 Å². The van der Waals surface area contributed by atoms with Crippen molar-refractivity contribution in [3.05, 3.63) is 41.0 Å². The van der Waals surface area contributed by atoms with Crippen molar-refractivity contribution in [3.63, 3.8) is 0 Å². The van der Waals surface area contributed by atoms with Gasteiger partial charge in [0.1, 0.15) is 0 Å². The number of halogens is 1. The fraction of sp³-hybridized carbons (Fsp3) is 0.250. The van der Waals surface area contributed by atoms with Crippen LogP contribution < -0.4 is 0 Å². The summed E-state index contributed by atoms with van der Waals surface area (Å²) in [6.07, 6.45) is 4.93. The van der Waals surface area contributed by atoms with Crippen LogP contribution in [0.1, 0.15) is 27.9 Å². The monoisotopic (exact) mass is 268 g/mol. The van der Waals surface area contributed by atoms with Gasteiger partial charge in [-0.05, 0) is 30.5 Å². The third kappa shape index (κ3) is 3.20. The highest BCUT2D eigenvalue weighted by Gasteiger charge is 2.07. The van der Waals surface area contributed by atoms with E-state index in [1.807, 2.05) is 25.1 Å². The van der Waals surface area contributed by atoms with Crippen LogP contribution in [0.15, 0.2) is 24.3 Å². The molecule has 0 fully saturated rings. The fourth-order valence-corrected chi connectivity index (χ4v) is 1.60. The number of carboxylic acids is 1. The van der Waals surface area contributed by atoms with Gasteiger partial charge >= 0.3 is 5.97 Å². The molecule has 3 heteroatoms. The maximum Gasteiger partial charge on any atom is 0.335 e. The Kier molecular flexibility index (Phi) is 4.56. The first kappa shape index (κ1) is 12.0. The van der Waals surface area contributed by atoms with Gasteiger partial charge in [0.2, 0.25) is 0 Å². The lowest BCUT2D eigenvalue weighted by atomic mass is 10.0. The topological polar surface area (TPSA) is 37.3 Å². The van der Waals surface area contributed by atoms with E-state index in [1.54, 1.807) is 12.1 Å². The molecule has 0 aliphatic heterocycles. The second-order valence-electron chi connectivity index (χ2n) is 3.20. The van der Waals surface area contributed by atoms with Crippen LogP contribution in [0, 0.1) is 6.92 Å². The van der Waals surface area contributed by atoms with E-state index in [1.165, 1.54) is 0 Å². The van der Waals surface area contributed by atoms with Crippen molar-refractivity contribution >= 4 is 28.0 Å². The summed E-state index contributed by atoms with van der Waals surface area (Å²) in [5, 5.41) is 9.85. The lowest BCUT2D eigenvalue weighted by Crippen LogP contribution is -2.00. The number of carboxylic acid groups (broad SMARTS) is 1. The number of rotatable bonds is 4. The predicted molar refractivity (Wildman–Crippen MR) is 65.6 cm³/mol. The van der Waals surface area contributed by atoms with Gasteiger partial charge in [-0.3, -0.25) is 0 Å². The Labute approximate surface area is 97.8 Å². The maximum absolute atomic E-state index is 10.9. The Bertz CT molecular complexity index is 383. The molecule has 80 valence electrons. The van der Waals surface area contributed by atoms with Gasteiger partial charge < -0.3 is 5.11 Å². The summed E-state index contributed by atoms with van der Waals surface area (Å²) in [6, 6.07) is 5.32. The quantitative estimate of drug-likeness (QED) is 0.849. The standard InChI is InChI=1S/C12H13BrO2/c1-9-10(5-2-3-8-13)6-4-7-11(9)12(14)15/h2,4-7H,3,8H2,1H3,(H,14,15). The summed E-state index contributed by atoms with van der Waals surface area (Å²) in [5.41, 5.74) is 2.16. The summed E-state index contributed by atoms with van der Waals surface area (Å²) in [6.45, 7) is 1.83. The number of hydrogen-bond acceptors (Lipinski definition) is 1. The smallest absolute Gasteiger partial charge is 0.335 e. The van der Waals surface area contributed by atoms with Crippen molar-refractivity contribution in [1.82, 2.24) is 0 Å². The van der Waals surface area contributed by atoms with E-state index in [0.29, 0.717) is 5.56 Å². The molecule has 0 radical (unpaired) electrons. The molecule has 1 aromatic rings. The van der Waals surface area contributed by atoms with Crippen molar-refractivity contribution in [2.24, 2.45) is 0 Å².